The number of carbonyl (C=O) groups is 2. The molecule has 9 nitrogen and oxygen atoms in total. The minimum Gasteiger partial charge on any atom is -0.353 e. The van der Waals surface area contributed by atoms with Gasteiger partial charge in [-0.3, -0.25) is 14.5 Å². The molecule has 2 aromatic heterocycles. The van der Waals surface area contributed by atoms with Crippen LogP contribution in [0.2, 0.25) is 0 Å². The van der Waals surface area contributed by atoms with Gasteiger partial charge in [-0.2, -0.15) is 5.10 Å². The second-order valence-corrected chi connectivity index (χ2v) is 11.5. The zero-order valence-electron chi connectivity index (χ0n) is 25.0. The van der Waals surface area contributed by atoms with E-state index in [9.17, 15) is 22.8 Å². The second kappa shape index (κ2) is 12.4. The van der Waals surface area contributed by atoms with Crippen molar-refractivity contribution < 1.29 is 22.8 Å². The van der Waals surface area contributed by atoms with E-state index in [2.05, 4.69) is 20.7 Å². The van der Waals surface area contributed by atoms with Crippen LogP contribution < -0.4 is 15.5 Å². The molecule has 0 saturated carbocycles. The summed E-state index contributed by atoms with van der Waals surface area (Å²) >= 11 is 0. The van der Waals surface area contributed by atoms with E-state index in [0.29, 0.717) is 36.1 Å². The van der Waals surface area contributed by atoms with Gasteiger partial charge < -0.3 is 15.1 Å². The molecule has 1 aliphatic heterocycles. The highest BCUT2D eigenvalue weighted by molar-refractivity contribution is 5.99. The first-order chi connectivity index (χ1) is 21.0. The highest BCUT2D eigenvalue weighted by atomic mass is 19.1. The molecule has 3 heterocycles. The number of urea groups is 1. The molecule has 1 saturated heterocycles. The number of anilines is 3. The summed E-state index contributed by atoms with van der Waals surface area (Å²) < 4.78 is 43.6. The van der Waals surface area contributed by atoms with E-state index in [4.69, 9.17) is 0 Å². The van der Waals surface area contributed by atoms with E-state index in [-0.39, 0.29) is 13.1 Å². The largest absolute Gasteiger partial charge is 0.353 e. The van der Waals surface area contributed by atoms with Gasteiger partial charge in [0.05, 0.1) is 23.3 Å². The Kier molecular flexibility index (Phi) is 8.61. The molecule has 2 N–H and O–H groups in total. The molecule has 12 heteroatoms. The van der Waals surface area contributed by atoms with E-state index >= 15 is 0 Å². The summed E-state index contributed by atoms with van der Waals surface area (Å²) in [4.78, 5) is 33.7. The number of pyridine rings is 1. The quantitative estimate of drug-likeness (QED) is 0.269. The van der Waals surface area contributed by atoms with Crippen molar-refractivity contribution in [3.05, 3.63) is 94.8 Å². The Hall–Kier alpha value is -4.87. The molecule has 3 amide bonds. The number of benzene rings is 2. The second-order valence-electron chi connectivity index (χ2n) is 11.5. The number of piperazine rings is 1. The summed E-state index contributed by atoms with van der Waals surface area (Å²) in [7, 11) is 0. The first-order valence-corrected chi connectivity index (χ1v) is 14.2. The number of carbonyl (C=O) groups excluding carboxylic acids is 2. The highest BCUT2D eigenvalue weighted by Crippen LogP contribution is 2.28. The zero-order chi connectivity index (χ0) is 31.6. The van der Waals surface area contributed by atoms with Gasteiger partial charge in [0, 0.05) is 37.7 Å². The van der Waals surface area contributed by atoms with E-state index in [1.165, 1.54) is 17.2 Å². The van der Waals surface area contributed by atoms with Gasteiger partial charge in [0.15, 0.2) is 0 Å². The summed E-state index contributed by atoms with van der Waals surface area (Å²) in [5.74, 6) is -1.39. The molecule has 0 aliphatic carbocycles. The number of rotatable bonds is 7. The Morgan fingerprint density at radius 3 is 2.20 bits per heavy atom. The number of hydrogen-bond donors (Lipinski definition) is 2. The Bertz CT molecular complexity index is 1660. The lowest BCUT2D eigenvalue weighted by molar-refractivity contribution is 0.0736. The summed E-state index contributed by atoms with van der Waals surface area (Å²) in [6.07, 6.45) is 1.53. The van der Waals surface area contributed by atoms with Crippen molar-refractivity contribution in [1.82, 2.24) is 19.7 Å². The molecule has 5 rings (SSSR count). The Labute approximate surface area is 253 Å². The number of amides is 3. The normalized spacial score (nSPS) is 13.6. The van der Waals surface area contributed by atoms with Crippen LogP contribution in [0.15, 0.2) is 60.8 Å². The maximum Gasteiger partial charge on any atom is 0.324 e. The maximum atomic E-state index is 14.1. The van der Waals surface area contributed by atoms with Crippen LogP contribution in [0.3, 0.4) is 0 Å². The van der Waals surface area contributed by atoms with Crippen molar-refractivity contribution in [3.63, 3.8) is 0 Å². The number of hydrogen-bond acceptors (Lipinski definition) is 5. The molecule has 0 bridgehead atoms. The van der Waals surface area contributed by atoms with Crippen LogP contribution >= 0.6 is 0 Å². The summed E-state index contributed by atoms with van der Waals surface area (Å²) in [5.41, 5.74) is 2.14. The van der Waals surface area contributed by atoms with Crippen molar-refractivity contribution in [1.29, 1.82) is 0 Å². The summed E-state index contributed by atoms with van der Waals surface area (Å²) in [6.45, 7) is 8.08. The highest BCUT2D eigenvalue weighted by Gasteiger charge is 2.28. The molecular weight excluding hydrogens is 571 g/mol. The van der Waals surface area contributed by atoms with Crippen molar-refractivity contribution in [2.75, 3.05) is 48.4 Å². The lowest BCUT2D eigenvalue weighted by Gasteiger charge is -2.36. The fraction of sp³-hybridized carbons (Fsp3) is 0.312. The predicted octanol–water partition coefficient (Wildman–Crippen LogP) is 6.02. The first-order valence-electron chi connectivity index (χ1n) is 14.2. The van der Waals surface area contributed by atoms with Crippen LogP contribution in [0.25, 0.3) is 5.69 Å². The number of halogens is 3. The van der Waals surface area contributed by atoms with Crippen LogP contribution in [0.5, 0.6) is 0 Å². The smallest absolute Gasteiger partial charge is 0.324 e. The van der Waals surface area contributed by atoms with E-state index in [1.54, 1.807) is 30.7 Å². The maximum absolute atomic E-state index is 14.1. The van der Waals surface area contributed by atoms with Crippen LogP contribution in [0.1, 0.15) is 41.0 Å². The third kappa shape index (κ3) is 6.38. The Balaban J connectivity index is 1.25. The van der Waals surface area contributed by atoms with E-state index in [1.807, 2.05) is 43.0 Å². The molecule has 0 unspecified atom stereocenters. The number of aryl methyl sites for hydroxylation is 2. The van der Waals surface area contributed by atoms with Crippen LogP contribution in [0.4, 0.5) is 35.3 Å². The fourth-order valence-corrected chi connectivity index (χ4v) is 4.98. The number of aromatic nitrogens is 3. The lowest BCUT2D eigenvalue weighted by Crippen LogP contribution is -2.49. The third-order valence-corrected chi connectivity index (χ3v) is 7.61. The van der Waals surface area contributed by atoms with Gasteiger partial charge in [0.25, 0.3) is 5.91 Å². The van der Waals surface area contributed by atoms with Crippen molar-refractivity contribution in [2.24, 2.45) is 0 Å². The Morgan fingerprint density at radius 1 is 0.932 bits per heavy atom. The molecule has 4 aromatic rings. The average molecular weight is 606 g/mol. The lowest BCUT2D eigenvalue weighted by atomic mass is 9.91. The molecule has 44 heavy (non-hydrogen) atoms. The van der Waals surface area contributed by atoms with Crippen LogP contribution in [-0.4, -0.2) is 64.5 Å². The van der Waals surface area contributed by atoms with Gasteiger partial charge in [-0.25, -0.2) is 23.2 Å². The van der Waals surface area contributed by atoms with E-state index in [0.717, 1.165) is 28.9 Å². The predicted molar refractivity (Wildman–Crippen MR) is 163 cm³/mol. The molecule has 0 radical (unpaired) electrons. The summed E-state index contributed by atoms with van der Waals surface area (Å²) in [6, 6.07) is 13.9. The number of alkyl halides is 1. The topological polar surface area (TPSA) is 95.4 Å². The third-order valence-electron chi connectivity index (χ3n) is 7.61. The van der Waals surface area contributed by atoms with Crippen LogP contribution in [-0.2, 0) is 5.41 Å². The van der Waals surface area contributed by atoms with Crippen molar-refractivity contribution in [3.8, 4) is 5.69 Å². The number of nitrogens with one attached hydrogen (secondary N) is 2. The SMILES string of the molecule is Cc1ccc(-n2nc(C(C)(C)CF)cc2NC(=O)Nc2cnc(N3CCN(C(=O)c4c(F)cccc4F)CC3)c(C)c2)cc1. The Morgan fingerprint density at radius 2 is 1.59 bits per heavy atom. The van der Waals surface area contributed by atoms with Gasteiger partial charge in [0.1, 0.15) is 35.5 Å². The van der Waals surface area contributed by atoms with Gasteiger partial charge in [0.2, 0.25) is 0 Å². The van der Waals surface area contributed by atoms with Gasteiger partial charge in [-0.1, -0.05) is 37.6 Å². The molecule has 0 spiro atoms. The average Bonchev–Trinajstić information content (AvgIpc) is 3.42. The molecular formula is C32H34F3N7O2. The van der Waals surface area contributed by atoms with Crippen molar-refractivity contribution >= 4 is 29.3 Å². The first kappa shape index (κ1) is 30.6. The fourth-order valence-electron chi connectivity index (χ4n) is 4.98. The van der Waals surface area contributed by atoms with Crippen LogP contribution in [0, 0.1) is 25.5 Å². The molecule has 2 aromatic carbocycles. The zero-order valence-corrected chi connectivity index (χ0v) is 25.0. The molecule has 230 valence electrons. The van der Waals surface area contributed by atoms with Crippen molar-refractivity contribution in [2.45, 2.75) is 33.1 Å². The van der Waals surface area contributed by atoms with Gasteiger partial charge in [-0.05, 0) is 49.7 Å². The number of nitrogens with zero attached hydrogens (tertiary/aromatic N) is 5. The molecule has 0 atom stereocenters. The molecule has 1 fully saturated rings. The van der Waals surface area contributed by atoms with Gasteiger partial charge in [-0.15, -0.1) is 0 Å². The summed E-state index contributed by atoms with van der Waals surface area (Å²) in [5, 5.41) is 10.2. The standard InChI is InChI=1S/C32H34F3N7O2/c1-20-8-10-23(11-9-20)42-27(17-26(39-42)32(3,4)19-33)38-31(44)37-22-16-21(2)29(36-18-22)40-12-14-41(15-13-40)30(43)28-24(34)6-5-7-25(28)35/h5-11,16-18H,12-15,19H2,1-4H3,(H2,37,38,44). The monoisotopic (exact) mass is 605 g/mol. The van der Waals surface area contributed by atoms with Gasteiger partial charge >= 0.3 is 6.03 Å². The minimum absolute atomic E-state index is 0.270. The minimum atomic E-state index is -0.884. The molecule has 1 aliphatic rings. The van der Waals surface area contributed by atoms with E-state index < -0.39 is 41.2 Å².